The zero-order valence-corrected chi connectivity index (χ0v) is 10.8. The van der Waals surface area contributed by atoms with E-state index in [-0.39, 0.29) is 18.4 Å². The minimum Gasteiger partial charge on any atom is -0.369 e. The van der Waals surface area contributed by atoms with Gasteiger partial charge in [-0.1, -0.05) is 6.07 Å². The minimum atomic E-state index is -0.394. The molecule has 1 aromatic rings. The lowest BCUT2D eigenvalue weighted by atomic mass is 10.1. The largest absolute Gasteiger partial charge is 0.369 e. The van der Waals surface area contributed by atoms with Gasteiger partial charge in [0.05, 0.1) is 6.54 Å². The molecule has 0 aromatic heterocycles. The highest BCUT2D eigenvalue weighted by Crippen LogP contribution is 2.15. The molecule has 0 unspecified atom stereocenters. The summed E-state index contributed by atoms with van der Waals surface area (Å²) in [5, 5.41) is 0. The Morgan fingerprint density at radius 3 is 2.56 bits per heavy atom. The van der Waals surface area contributed by atoms with Gasteiger partial charge in [-0.3, -0.25) is 9.69 Å². The summed E-state index contributed by atoms with van der Waals surface area (Å²) in [7, 11) is 0. The van der Waals surface area contributed by atoms with Crippen LogP contribution < -0.4 is 11.5 Å². The summed E-state index contributed by atoms with van der Waals surface area (Å²) in [5.74, 6) is -0.695. The van der Waals surface area contributed by atoms with Crippen LogP contribution >= 0.6 is 0 Å². The molecule has 0 aliphatic carbocycles. The standard InChI is InChI=1S/C13H20FN3O/c1-9(2)17(8-13(16)18)7-11-5-12(14)4-3-10(11)6-15/h3-5,9H,6-8,15H2,1-2H3,(H2,16,18). The normalized spacial score (nSPS) is 11.2. The molecule has 0 saturated carbocycles. The molecule has 0 spiro atoms. The van der Waals surface area contributed by atoms with Gasteiger partial charge < -0.3 is 11.5 Å². The molecule has 0 bridgehead atoms. The van der Waals surface area contributed by atoms with Crippen molar-refractivity contribution in [3.8, 4) is 0 Å². The summed E-state index contributed by atoms with van der Waals surface area (Å²) < 4.78 is 13.2. The van der Waals surface area contributed by atoms with Gasteiger partial charge in [0.25, 0.3) is 0 Å². The SMILES string of the molecule is CC(C)N(CC(N)=O)Cc1cc(F)ccc1CN. The zero-order valence-electron chi connectivity index (χ0n) is 10.8. The summed E-state index contributed by atoms with van der Waals surface area (Å²) in [6.07, 6.45) is 0. The number of carbonyl (C=O) groups excluding carboxylic acids is 1. The van der Waals surface area contributed by atoms with Crippen LogP contribution in [0.2, 0.25) is 0 Å². The zero-order chi connectivity index (χ0) is 13.7. The maximum absolute atomic E-state index is 13.2. The quantitative estimate of drug-likeness (QED) is 0.793. The Kier molecular flexibility index (Phi) is 5.25. The second-order valence-electron chi connectivity index (χ2n) is 4.58. The number of benzene rings is 1. The van der Waals surface area contributed by atoms with Crippen molar-refractivity contribution >= 4 is 5.91 Å². The van der Waals surface area contributed by atoms with E-state index >= 15 is 0 Å². The molecule has 1 amide bonds. The molecule has 4 N–H and O–H groups in total. The van der Waals surface area contributed by atoms with Crippen molar-refractivity contribution in [1.29, 1.82) is 0 Å². The molecular weight excluding hydrogens is 233 g/mol. The summed E-state index contributed by atoms with van der Waals surface area (Å²) in [5.41, 5.74) is 12.5. The van der Waals surface area contributed by atoms with Crippen LogP contribution in [0.1, 0.15) is 25.0 Å². The topological polar surface area (TPSA) is 72.3 Å². The lowest BCUT2D eigenvalue weighted by Crippen LogP contribution is -2.38. The third-order valence-corrected chi connectivity index (χ3v) is 2.85. The van der Waals surface area contributed by atoms with Crippen molar-refractivity contribution in [2.45, 2.75) is 33.0 Å². The third kappa shape index (κ3) is 4.09. The van der Waals surface area contributed by atoms with Crippen LogP contribution in [0.25, 0.3) is 0 Å². The van der Waals surface area contributed by atoms with Crippen LogP contribution in [0.4, 0.5) is 4.39 Å². The number of carbonyl (C=O) groups is 1. The van der Waals surface area contributed by atoms with E-state index in [4.69, 9.17) is 11.5 Å². The van der Waals surface area contributed by atoms with Gasteiger partial charge in [0.2, 0.25) is 5.91 Å². The molecule has 0 heterocycles. The van der Waals surface area contributed by atoms with Gasteiger partial charge in [0.15, 0.2) is 0 Å². The summed E-state index contributed by atoms with van der Waals surface area (Å²) >= 11 is 0. The first-order valence-corrected chi connectivity index (χ1v) is 5.93. The Morgan fingerprint density at radius 1 is 1.39 bits per heavy atom. The monoisotopic (exact) mass is 253 g/mol. The first kappa shape index (κ1) is 14.6. The van der Waals surface area contributed by atoms with Crippen LogP contribution in [0.15, 0.2) is 18.2 Å². The number of hydrogen-bond acceptors (Lipinski definition) is 3. The predicted octanol–water partition coefficient (Wildman–Crippen LogP) is 0.980. The molecule has 1 rings (SSSR count). The fourth-order valence-electron chi connectivity index (χ4n) is 1.78. The fourth-order valence-corrected chi connectivity index (χ4v) is 1.78. The van der Waals surface area contributed by atoms with Crippen molar-refractivity contribution in [2.75, 3.05) is 6.54 Å². The van der Waals surface area contributed by atoms with E-state index in [2.05, 4.69) is 0 Å². The fraction of sp³-hybridized carbons (Fsp3) is 0.462. The van der Waals surface area contributed by atoms with Crippen molar-refractivity contribution in [2.24, 2.45) is 11.5 Å². The van der Waals surface area contributed by atoms with Crippen LogP contribution in [0, 0.1) is 5.82 Å². The molecule has 0 fully saturated rings. The Morgan fingerprint density at radius 2 is 2.06 bits per heavy atom. The molecule has 1 aromatic carbocycles. The second kappa shape index (κ2) is 6.47. The molecule has 0 aliphatic heterocycles. The highest BCUT2D eigenvalue weighted by Gasteiger charge is 2.14. The summed E-state index contributed by atoms with van der Waals surface area (Å²) in [6, 6.07) is 4.66. The molecule has 0 aliphatic rings. The second-order valence-corrected chi connectivity index (χ2v) is 4.58. The third-order valence-electron chi connectivity index (χ3n) is 2.85. The van der Waals surface area contributed by atoms with Crippen LogP contribution in [-0.4, -0.2) is 23.4 Å². The van der Waals surface area contributed by atoms with E-state index in [9.17, 15) is 9.18 Å². The van der Waals surface area contributed by atoms with Gasteiger partial charge in [-0.05, 0) is 37.1 Å². The first-order chi connectivity index (χ1) is 8.43. The number of nitrogens with two attached hydrogens (primary N) is 2. The van der Waals surface area contributed by atoms with Gasteiger partial charge in [-0.25, -0.2) is 4.39 Å². The van der Waals surface area contributed by atoms with Gasteiger partial charge in [0.1, 0.15) is 5.82 Å². The molecule has 0 saturated heterocycles. The average Bonchev–Trinajstić information content (AvgIpc) is 2.27. The number of halogens is 1. The van der Waals surface area contributed by atoms with Crippen molar-refractivity contribution < 1.29 is 9.18 Å². The number of amides is 1. The van der Waals surface area contributed by atoms with Crippen molar-refractivity contribution in [1.82, 2.24) is 4.90 Å². The molecule has 4 nitrogen and oxygen atoms in total. The number of primary amides is 1. The first-order valence-electron chi connectivity index (χ1n) is 5.93. The van der Waals surface area contributed by atoms with E-state index < -0.39 is 5.91 Å². The van der Waals surface area contributed by atoms with E-state index in [0.717, 1.165) is 11.1 Å². The maximum atomic E-state index is 13.2. The summed E-state index contributed by atoms with van der Waals surface area (Å²) in [6.45, 7) is 4.88. The summed E-state index contributed by atoms with van der Waals surface area (Å²) in [4.78, 5) is 12.9. The predicted molar refractivity (Wildman–Crippen MR) is 69.0 cm³/mol. The van der Waals surface area contributed by atoms with E-state index in [1.807, 2.05) is 18.7 Å². The number of nitrogens with zero attached hydrogens (tertiary/aromatic N) is 1. The van der Waals surface area contributed by atoms with Crippen molar-refractivity contribution in [3.05, 3.63) is 35.1 Å². The number of hydrogen-bond donors (Lipinski definition) is 2. The van der Waals surface area contributed by atoms with E-state index in [1.165, 1.54) is 12.1 Å². The van der Waals surface area contributed by atoms with Gasteiger partial charge in [-0.15, -0.1) is 0 Å². The molecule has 0 atom stereocenters. The van der Waals surface area contributed by atoms with Crippen LogP contribution in [0.3, 0.4) is 0 Å². The van der Waals surface area contributed by atoms with E-state index in [0.29, 0.717) is 13.1 Å². The maximum Gasteiger partial charge on any atom is 0.231 e. The minimum absolute atomic E-state index is 0.145. The van der Waals surface area contributed by atoms with Crippen molar-refractivity contribution in [3.63, 3.8) is 0 Å². The highest BCUT2D eigenvalue weighted by molar-refractivity contribution is 5.75. The van der Waals surface area contributed by atoms with Crippen LogP contribution in [-0.2, 0) is 17.9 Å². The molecule has 100 valence electrons. The lowest BCUT2D eigenvalue weighted by molar-refractivity contribution is -0.119. The average molecular weight is 253 g/mol. The lowest BCUT2D eigenvalue weighted by Gasteiger charge is -2.26. The van der Waals surface area contributed by atoms with Crippen LogP contribution in [0.5, 0.6) is 0 Å². The highest BCUT2D eigenvalue weighted by atomic mass is 19.1. The Bertz CT molecular complexity index is 421. The molecular formula is C13H20FN3O. The van der Waals surface area contributed by atoms with Gasteiger partial charge in [-0.2, -0.15) is 0 Å². The molecule has 5 heteroatoms. The van der Waals surface area contributed by atoms with Gasteiger partial charge in [0, 0.05) is 19.1 Å². The Labute approximate surface area is 107 Å². The van der Waals surface area contributed by atoms with Gasteiger partial charge >= 0.3 is 0 Å². The molecule has 0 radical (unpaired) electrons. The number of rotatable bonds is 6. The molecule has 18 heavy (non-hydrogen) atoms. The smallest absolute Gasteiger partial charge is 0.231 e. The Hall–Kier alpha value is -1.46. The van der Waals surface area contributed by atoms with E-state index in [1.54, 1.807) is 6.07 Å². The Balaban J connectivity index is 2.92.